The molecule has 6 heterocycles. The van der Waals surface area contributed by atoms with Crippen molar-refractivity contribution in [2.75, 3.05) is 63.1 Å². The summed E-state index contributed by atoms with van der Waals surface area (Å²) < 4.78 is 57.2. The summed E-state index contributed by atoms with van der Waals surface area (Å²) in [5.74, 6) is 0.105. The number of nitrogens with zero attached hydrogens (tertiary/aromatic N) is 9. The van der Waals surface area contributed by atoms with E-state index in [9.17, 15) is 37.6 Å². The maximum absolute atomic E-state index is 14.2. The lowest BCUT2D eigenvalue weighted by Crippen LogP contribution is -2.37. The molecule has 2 aromatic carbocycles. The Hall–Kier alpha value is -7.64. The molecule has 19 nitrogen and oxygen atoms in total. The summed E-state index contributed by atoms with van der Waals surface area (Å²) >= 11 is 0. The molecule has 2 aliphatic heterocycles. The van der Waals surface area contributed by atoms with Crippen LogP contribution in [0.5, 0.6) is 11.8 Å². The number of pyridine rings is 2. The van der Waals surface area contributed by atoms with Gasteiger partial charge in [0.15, 0.2) is 0 Å². The summed E-state index contributed by atoms with van der Waals surface area (Å²) in [7, 11) is 0. The molecular weight excluding hydrogens is 1080 g/mol. The van der Waals surface area contributed by atoms with E-state index in [-0.39, 0.29) is 65.2 Å². The van der Waals surface area contributed by atoms with Crippen LogP contribution in [0.4, 0.5) is 25.1 Å². The van der Waals surface area contributed by atoms with E-state index in [1.807, 2.05) is 44.4 Å². The van der Waals surface area contributed by atoms with E-state index in [2.05, 4.69) is 56.7 Å². The van der Waals surface area contributed by atoms with E-state index >= 15 is 0 Å². The molecule has 6 aromatic rings. The van der Waals surface area contributed by atoms with Crippen molar-refractivity contribution in [2.24, 2.45) is 11.8 Å². The molecule has 2 aliphatic carbocycles. The SMILES string of the molecule is CC(C)NC(=O)C1CCC(n2c(NC(=O)c3ccc(C4CCN(CCOc5cc6c(cn5)nc(NC(=O)c5cccc(C(F)(F)F)c5)n6C5CCC(C(=O)NC(C)C)CC5)CC4)c(C#N)c3)nc3cnc(OCCN4CCCCC4)cc32)CC1. The Morgan fingerprint density at radius 2 is 1.12 bits per heavy atom. The molecule has 10 rings (SSSR count). The fourth-order valence-electron chi connectivity index (χ4n) is 12.6. The second kappa shape index (κ2) is 26.5. The van der Waals surface area contributed by atoms with Crippen molar-refractivity contribution in [3.05, 3.63) is 94.8 Å². The number of fused-ring (bicyclic) bond motifs is 2. The number of likely N-dealkylation sites (tertiary alicyclic amines) is 2. The van der Waals surface area contributed by atoms with Crippen LogP contribution in [0.2, 0.25) is 0 Å². The highest BCUT2D eigenvalue weighted by atomic mass is 19.4. The Morgan fingerprint density at radius 1 is 0.631 bits per heavy atom. The third-order valence-corrected chi connectivity index (χ3v) is 17.0. The number of rotatable bonds is 19. The molecule has 84 heavy (non-hydrogen) atoms. The molecule has 4 aromatic heterocycles. The molecule has 0 radical (unpaired) electrons. The number of imidazole rings is 2. The average molecular weight is 1160 g/mol. The fourth-order valence-corrected chi connectivity index (χ4v) is 12.6. The molecular formula is C62H76F3N13O6. The molecule has 446 valence electrons. The standard InChI is InChI=1S/C62H76F3N13O6/c1-38(2)69-56(79)41-11-16-47(17-12-41)77-52-34-55(68-36-50(52)71-60(77)73-58(81)43-9-8-10-46(32-43)62(63,64)65)84-30-28-76-25-21-40(22-26-76)49-20-15-44(31-45(49)35-66)59(82)74-61-72-51-37-67-54(83-29-27-75-23-6-5-7-24-75)33-53(51)78(61)48-18-13-42(14-19-48)57(80)70-39(3)4/h8-10,15,20,31-34,36-42,47-48H,5-7,11-14,16-19,21-30H2,1-4H3,(H,69,79)(H,70,80)(H,71,73,81)(H,72,74,82). The minimum Gasteiger partial charge on any atom is -0.476 e. The zero-order chi connectivity index (χ0) is 59.1. The Balaban J connectivity index is 0.778. The molecule has 0 bridgehead atoms. The van der Waals surface area contributed by atoms with Crippen molar-refractivity contribution >= 4 is 57.6 Å². The number of aromatic nitrogens is 6. The number of amides is 4. The lowest BCUT2D eigenvalue weighted by Gasteiger charge is -2.32. The third-order valence-electron chi connectivity index (χ3n) is 17.0. The summed E-state index contributed by atoms with van der Waals surface area (Å²) in [6.07, 6.45) is 9.04. The first-order chi connectivity index (χ1) is 40.5. The van der Waals surface area contributed by atoms with Gasteiger partial charge in [0.25, 0.3) is 11.8 Å². The van der Waals surface area contributed by atoms with Crippen LogP contribution >= 0.6 is 0 Å². The Morgan fingerprint density at radius 3 is 1.60 bits per heavy atom. The van der Waals surface area contributed by atoms with Crippen LogP contribution in [0.25, 0.3) is 22.1 Å². The number of nitrogens with one attached hydrogen (secondary N) is 4. The second-order valence-corrected chi connectivity index (χ2v) is 23.6. The van der Waals surface area contributed by atoms with Crippen molar-refractivity contribution < 1.29 is 41.8 Å². The lowest BCUT2D eigenvalue weighted by molar-refractivity contribution is -0.137. The average Bonchev–Trinajstić information content (AvgIpc) is 2.28. The molecule has 22 heteroatoms. The summed E-state index contributed by atoms with van der Waals surface area (Å²) in [6, 6.07) is 15.4. The van der Waals surface area contributed by atoms with Crippen molar-refractivity contribution in [1.82, 2.24) is 49.5 Å². The first-order valence-corrected chi connectivity index (χ1v) is 29.9. The Kier molecular flexibility index (Phi) is 18.8. The maximum atomic E-state index is 14.2. The smallest absolute Gasteiger partial charge is 0.416 e. The minimum atomic E-state index is -4.63. The van der Waals surface area contributed by atoms with Gasteiger partial charge < -0.3 is 29.2 Å². The number of carbonyl (C=O) groups is 4. The van der Waals surface area contributed by atoms with Crippen LogP contribution in [0.1, 0.15) is 167 Å². The topological polar surface area (TPSA) is 227 Å². The normalized spacial score (nSPS) is 20.2. The van der Waals surface area contributed by atoms with Gasteiger partial charge in [-0.15, -0.1) is 0 Å². The van der Waals surface area contributed by atoms with Gasteiger partial charge in [-0.2, -0.15) is 18.4 Å². The number of hydrogen-bond donors (Lipinski definition) is 4. The van der Waals surface area contributed by atoms with Crippen molar-refractivity contribution in [1.29, 1.82) is 5.26 Å². The van der Waals surface area contributed by atoms with E-state index in [4.69, 9.17) is 14.5 Å². The third kappa shape index (κ3) is 14.3. The molecule has 2 saturated heterocycles. The van der Waals surface area contributed by atoms with Gasteiger partial charge in [-0.1, -0.05) is 18.6 Å². The zero-order valence-electron chi connectivity index (χ0n) is 48.3. The number of nitriles is 1. The minimum absolute atomic E-state index is 0.00299. The molecule has 4 N–H and O–H groups in total. The van der Waals surface area contributed by atoms with E-state index in [1.165, 1.54) is 31.4 Å². The van der Waals surface area contributed by atoms with Gasteiger partial charge in [-0.3, -0.25) is 39.6 Å². The van der Waals surface area contributed by atoms with Crippen LogP contribution in [0.3, 0.4) is 0 Å². The number of piperidine rings is 2. The Labute approximate surface area is 487 Å². The van der Waals surface area contributed by atoms with Crippen LogP contribution < -0.4 is 30.7 Å². The zero-order valence-corrected chi connectivity index (χ0v) is 48.3. The number of anilines is 2. The van der Waals surface area contributed by atoms with Gasteiger partial charge in [-0.05, 0) is 173 Å². The van der Waals surface area contributed by atoms with Gasteiger partial charge >= 0.3 is 6.18 Å². The second-order valence-electron chi connectivity index (χ2n) is 23.6. The molecule has 4 fully saturated rings. The molecule has 0 unspecified atom stereocenters. The largest absolute Gasteiger partial charge is 0.476 e. The Bertz CT molecular complexity index is 3360. The summed E-state index contributed by atoms with van der Waals surface area (Å²) in [5.41, 5.74) is 3.05. The van der Waals surface area contributed by atoms with Gasteiger partial charge in [0, 0.05) is 72.4 Å². The van der Waals surface area contributed by atoms with E-state index in [0.717, 1.165) is 68.8 Å². The molecule has 4 aliphatic rings. The molecule has 4 amide bonds. The lowest BCUT2D eigenvalue weighted by atomic mass is 9.85. The number of alkyl halides is 3. The van der Waals surface area contributed by atoms with Crippen LogP contribution in [0, 0.1) is 23.2 Å². The van der Waals surface area contributed by atoms with Gasteiger partial charge in [0.2, 0.25) is 35.5 Å². The predicted molar refractivity (Wildman–Crippen MR) is 312 cm³/mol. The summed E-state index contributed by atoms with van der Waals surface area (Å²) in [4.78, 5) is 77.1. The predicted octanol–water partition coefficient (Wildman–Crippen LogP) is 10.2. The number of halogens is 3. The van der Waals surface area contributed by atoms with Crippen LogP contribution in [-0.2, 0) is 15.8 Å². The van der Waals surface area contributed by atoms with Crippen molar-refractivity contribution in [2.45, 2.75) is 147 Å². The highest BCUT2D eigenvalue weighted by Gasteiger charge is 2.34. The van der Waals surface area contributed by atoms with Gasteiger partial charge in [0.05, 0.1) is 40.6 Å². The monoisotopic (exact) mass is 1160 g/mol. The molecule has 0 atom stereocenters. The van der Waals surface area contributed by atoms with E-state index in [1.54, 1.807) is 30.6 Å². The molecule has 2 saturated carbocycles. The first kappa shape index (κ1) is 59.5. The summed E-state index contributed by atoms with van der Waals surface area (Å²) in [6.45, 7) is 13.6. The number of benzene rings is 2. The van der Waals surface area contributed by atoms with Crippen molar-refractivity contribution in [3.8, 4) is 17.8 Å². The highest BCUT2D eigenvalue weighted by Crippen LogP contribution is 2.40. The van der Waals surface area contributed by atoms with E-state index < -0.39 is 23.6 Å². The molecule has 0 spiro atoms. The fraction of sp³-hybridized carbons (Fsp3) is 0.532. The van der Waals surface area contributed by atoms with E-state index in [0.29, 0.717) is 117 Å². The quantitative estimate of drug-likeness (QED) is 0.0593. The van der Waals surface area contributed by atoms with Gasteiger partial charge in [0.1, 0.15) is 24.2 Å². The van der Waals surface area contributed by atoms with Crippen LogP contribution in [-0.4, -0.2) is 127 Å². The van der Waals surface area contributed by atoms with Gasteiger partial charge in [-0.25, -0.2) is 19.9 Å². The number of hydrogen-bond acceptors (Lipinski definition) is 13. The number of carbonyl (C=O) groups excluding carboxylic acids is 4. The summed E-state index contributed by atoms with van der Waals surface area (Å²) in [5, 5.41) is 22.4. The van der Waals surface area contributed by atoms with Crippen LogP contribution in [0.15, 0.2) is 67.0 Å². The maximum Gasteiger partial charge on any atom is 0.416 e. The first-order valence-electron chi connectivity index (χ1n) is 29.9. The van der Waals surface area contributed by atoms with Crippen molar-refractivity contribution in [3.63, 3.8) is 0 Å². The highest BCUT2D eigenvalue weighted by molar-refractivity contribution is 6.05. The number of ether oxygens (including phenoxy) is 2.